The van der Waals surface area contributed by atoms with Crippen molar-refractivity contribution in [2.45, 2.75) is 19.9 Å². The SMILES string of the molecule is CCOC(=O)CN(CC#N)[C@H](C)c1cccc(Br)c1. The molecule has 0 radical (unpaired) electrons. The summed E-state index contributed by atoms with van der Waals surface area (Å²) in [7, 11) is 0. The quantitative estimate of drug-likeness (QED) is 0.596. The summed E-state index contributed by atoms with van der Waals surface area (Å²) in [5.74, 6) is -0.306. The maximum atomic E-state index is 11.5. The van der Waals surface area contributed by atoms with E-state index in [4.69, 9.17) is 10.00 Å². The van der Waals surface area contributed by atoms with Crippen LogP contribution in [0.5, 0.6) is 0 Å². The van der Waals surface area contributed by atoms with Gasteiger partial charge in [-0.2, -0.15) is 5.26 Å². The molecule has 0 heterocycles. The van der Waals surface area contributed by atoms with Gasteiger partial charge in [-0.1, -0.05) is 28.1 Å². The molecule has 19 heavy (non-hydrogen) atoms. The molecule has 0 saturated carbocycles. The molecule has 5 heteroatoms. The third kappa shape index (κ3) is 5.01. The summed E-state index contributed by atoms with van der Waals surface area (Å²) in [6.07, 6.45) is 0. The molecule has 0 spiro atoms. The van der Waals surface area contributed by atoms with E-state index in [9.17, 15) is 4.79 Å². The number of nitriles is 1. The topological polar surface area (TPSA) is 53.3 Å². The van der Waals surface area contributed by atoms with Gasteiger partial charge < -0.3 is 4.74 Å². The maximum absolute atomic E-state index is 11.5. The van der Waals surface area contributed by atoms with E-state index in [1.807, 2.05) is 31.2 Å². The van der Waals surface area contributed by atoms with Gasteiger partial charge in [-0.3, -0.25) is 9.69 Å². The Bertz CT molecular complexity index is 471. The summed E-state index contributed by atoms with van der Waals surface area (Å²) in [6, 6.07) is 9.90. The molecular formula is C14H17BrN2O2. The minimum absolute atomic E-state index is 0.0263. The molecule has 1 rings (SSSR count). The highest BCUT2D eigenvalue weighted by molar-refractivity contribution is 9.10. The molecular weight excluding hydrogens is 308 g/mol. The predicted octanol–water partition coefficient (Wildman–Crippen LogP) is 2.90. The maximum Gasteiger partial charge on any atom is 0.320 e. The van der Waals surface area contributed by atoms with Crippen LogP contribution < -0.4 is 0 Å². The number of halogens is 1. The number of rotatable bonds is 6. The number of esters is 1. The van der Waals surface area contributed by atoms with E-state index < -0.39 is 0 Å². The number of nitrogens with zero attached hydrogens (tertiary/aromatic N) is 2. The highest BCUT2D eigenvalue weighted by atomic mass is 79.9. The van der Waals surface area contributed by atoms with Gasteiger partial charge in [-0.15, -0.1) is 0 Å². The van der Waals surface area contributed by atoms with Crippen molar-refractivity contribution in [2.75, 3.05) is 19.7 Å². The lowest BCUT2D eigenvalue weighted by Crippen LogP contribution is -2.33. The molecule has 4 nitrogen and oxygen atoms in total. The summed E-state index contributed by atoms with van der Waals surface area (Å²) in [6.45, 7) is 4.40. The lowest BCUT2D eigenvalue weighted by molar-refractivity contribution is -0.144. The number of hydrogen-bond acceptors (Lipinski definition) is 4. The van der Waals surface area contributed by atoms with Crippen molar-refractivity contribution >= 4 is 21.9 Å². The first kappa shape index (κ1) is 15.7. The average Bonchev–Trinajstić information content (AvgIpc) is 2.37. The Morgan fingerprint density at radius 2 is 2.32 bits per heavy atom. The van der Waals surface area contributed by atoms with E-state index in [1.54, 1.807) is 11.8 Å². The molecule has 1 aromatic carbocycles. The van der Waals surface area contributed by atoms with Gasteiger partial charge in [0.25, 0.3) is 0 Å². The Morgan fingerprint density at radius 3 is 2.89 bits per heavy atom. The highest BCUT2D eigenvalue weighted by Gasteiger charge is 2.19. The van der Waals surface area contributed by atoms with Crippen LogP contribution >= 0.6 is 15.9 Å². The normalized spacial score (nSPS) is 11.9. The summed E-state index contributed by atoms with van der Waals surface area (Å²) >= 11 is 3.42. The zero-order chi connectivity index (χ0) is 14.3. The lowest BCUT2D eigenvalue weighted by atomic mass is 10.1. The zero-order valence-corrected chi connectivity index (χ0v) is 12.7. The molecule has 1 aromatic rings. The predicted molar refractivity (Wildman–Crippen MR) is 76.4 cm³/mol. The van der Waals surface area contributed by atoms with Crippen LogP contribution in [0.1, 0.15) is 25.5 Å². The van der Waals surface area contributed by atoms with Crippen molar-refractivity contribution in [3.05, 3.63) is 34.3 Å². The fourth-order valence-corrected chi connectivity index (χ4v) is 2.19. The molecule has 0 aromatic heterocycles. The van der Waals surface area contributed by atoms with Crippen molar-refractivity contribution in [2.24, 2.45) is 0 Å². The van der Waals surface area contributed by atoms with Crippen LogP contribution in [0.3, 0.4) is 0 Å². The van der Waals surface area contributed by atoms with Gasteiger partial charge in [0.15, 0.2) is 0 Å². The lowest BCUT2D eigenvalue weighted by Gasteiger charge is -2.26. The molecule has 0 amide bonds. The van der Waals surface area contributed by atoms with Crippen LogP contribution in [0, 0.1) is 11.3 Å². The van der Waals surface area contributed by atoms with E-state index in [0.717, 1.165) is 10.0 Å². The minimum Gasteiger partial charge on any atom is -0.465 e. The van der Waals surface area contributed by atoms with E-state index in [1.165, 1.54) is 0 Å². The first-order valence-corrected chi connectivity index (χ1v) is 6.89. The molecule has 0 saturated heterocycles. The van der Waals surface area contributed by atoms with Crippen LogP contribution in [0.25, 0.3) is 0 Å². The summed E-state index contributed by atoms with van der Waals surface area (Å²) < 4.78 is 5.91. The summed E-state index contributed by atoms with van der Waals surface area (Å²) in [5.41, 5.74) is 1.05. The molecule has 0 bridgehead atoms. The number of benzene rings is 1. The second kappa shape index (κ2) is 7.93. The summed E-state index contributed by atoms with van der Waals surface area (Å²) in [5, 5.41) is 8.88. The Labute approximate surface area is 122 Å². The Morgan fingerprint density at radius 1 is 1.58 bits per heavy atom. The largest absolute Gasteiger partial charge is 0.465 e. The Hall–Kier alpha value is -1.38. The van der Waals surface area contributed by atoms with Gasteiger partial charge >= 0.3 is 5.97 Å². The van der Waals surface area contributed by atoms with Crippen molar-refractivity contribution in [3.63, 3.8) is 0 Å². The number of hydrogen-bond donors (Lipinski definition) is 0. The molecule has 0 unspecified atom stereocenters. The van der Waals surface area contributed by atoms with Crippen molar-refractivity contribution in [1.29, 1.82) is 5.26 Å². The van der Waals surface area contributed by atoms with Crippen LogP contribution in [-0.2, 0) is 9.53 Å². The van der Waals surface area contributed by atoms with E-state index in [-0.39, 0.29) is 25.1 Å². The first-order valence-electron chi connectivity index (χ1n) is 6.10. The van der Waals surface area contributed by atoms with Gasteiger partial charge in [0, 0.05) is 10.5 Å². The fraction of sp³-hybridized carbons (Fsp3) is 0.429. The first-order chi connectivity index (χ1) is 9.08. The van der Waals surface area contributed by atoms with Crippen molar-refractivity contribution in [3.8, 4) is 6.07 Å². The molecule has 102 valence electrons. The molecule has 0 fully saturated rings. The number of ether oxygens (including phenoxy) is 1. The zero-order valence-electron chi connectivity index (χ0n) is 11.1. The van der Waals surface area contributed by atoms with Gasteiger partial charge in [-0.05, 0) is 31.5 Å². The van der Waals surface area contributed by atoms with Gasteiger partial charge in [0.2, 0.25) is 0 Å². The standard InChI is InChI=1S/C14H17BrN2O2/c1-3-19-14(18)10-17(8-7-16)11(2)12-5-4-6-13(15)9-12/h4-6,9,11H,3,8,10H2,1-2H3/t11-/m1/s1. The molecule has 1 atom stereocenters. The molecule has 0 N–H and O–H groups in total. The van der Waals surface area contributed by atoms with E-state index >= 15 is 0 Å². The molecule has 0 aliphatic rings. The van der Waals surface area contributed by atoms with Crippen molar-refractivity contribution in [1.82, 2.24) is 4.90 Å². The van der Waals surface area contributed by atoms with Gasteiger partial charge in [0.1, 0.15) is 0 Å². The van der Waals surface area contributed by atoms with Gasteiger partial charge in [-0.25, -0.2) is 0 Å². The van der Waals surface area contributed by atoms with E-state index in [2.05, 4.69) is 22.0 Å². The summed E-state index contributed by atoms with van der Waals surface area (Å²) in [4.78, 5) is 13.3. The third-order valence-electron chi connectivity index (χ3n) is 2.79. The van der Waals surface area contributed by atoms with Crippen LogP contribution in [0.15, 0.2) is 28.7 Å². The smallest absolute Gasteiger partial charge is 0.320 e. The Balaban J connectivity index is 2.80. The monoisotopic (exact) mass is 324 g/mol. The van der Waals surface area contributed by atoms with Crippen LogP contribution in [0.4, 0.5) is 0 Å². The van der Waals surface area contributed by atoms with Crippen molar-refractivity contribution < 1.29 is 9.53 Å². The van der Waals surface area contributed by atoms with Crippen LogP contribution in [-0.4, -0.2) is 30.6 Å². The second-order valence-corrected chi connectivity index (χ2v) is 5.01. The van der Waals surface area contributed by atoms with Gasteiger partial charge in [0.05, 0.1) is 25.8 Å². The minimum atomic E-state index is -0.306. The molecule has 0 aliphatic carbocycles. The average molecular weight is 325 g/mol. The Kier molecular flexibility index (Phi) is 6.54. The number of carbonyl (C=O) groups is 1. The van der Waals surface area contributed by atoms with E-state index in [0.29, 0.717) is 6.61 Å². The molecule has 0 aliphatic heterocycles. The second-order valence-electron chi connectivity index (χ2n) is 4.10. The number of carbonyl (C=O) groups excluding carboxylic acids is 1. The van der Waals surface area contributed by atoms with Crippen LogP contribution in [0.2, 0.25) is 0 Å². The fourth-order valence-electron chi connectivity index (χ4n) is 1.77. The highest BCUT2D eigenvalue weighted by Crippen LogP contribution is 2.22. The third-order valence-corrected chi connectivity index (χ3v) is 3.28.